The van der Waals surface area contributed by atoms with E-state index in [9.17, 15) is 0 Å². The number of hydrogen-bond donors (Lipinski definition) is 1. The van der Waals surface area contributed by atoms with Gasteiger partial charge in [-0.15, -0.1) is 0 Å². The van der Waals surface area contributed by atoms with Crippen molar-refractivity contribution in [2.75, 3.05) is 27.2 Å². The summed E-state index contributed by atoms with van der Waals surface area (Å²) in [5.74, 6) is 0.292. The van der Waals surface area contributed by atoms with E-state index in [1.54, 1.807) is 0 Å². The number of aliphatic hydroxyl groups excluding tert-OH is 1. The van der Waals surface area contributed by atoms with E-state index in [0.717, 1.165) is 6.54 Å². The first-order chi connectivity index (χ1) is 4.70. The predicted octanol–water partition coefficient (Wildman–Crippen LogP) is 0.733. The molecule has 0 saturated heterocycles. The van der Waals surface area contributed by atoms with E-state index in [-0.39, 0.29) is 6.61 Å². The first-order valence-electron chi connectivity index (χ1n) is 3.59. The first kappa shape index (κ1) is 9.66. The molecule has 0 aromatic heterocycles. The molecule has 1 unspecified atom stereocenters. The number of nitrogens with zero attached hydrogens (tertiary/aromatic N) is 1. The van der Waals surface area contributed by atoms with Gasteiger partial charge in [0.1, 0.15) is 0 Å². The molecule has 0 aliphatic heterocycles. The van der Waals surface area contributed by atoms with Crippen molar-refractivity contribution >= 4 is 0 Å². The quantitative estimate of drug-likeness (QED) is 0.586. The normalized spacial score (nSPS) is 14.9. The van der Waals surface area contributed by atoms with Crippen LogP contribution in [0.2, 0.25) is 0 Å². The molecular formula is C8H17NO. The molecule has 0 aromatic rings. The predicted molar refractivity (Wildman–Crippen MR) is 43.9 cm³/mol. The van der Waals surface area contributed by atoms with Crippen LogP contribution in [0.4, 0.5) is 0 Å². The summed E-state index contributed by atoms with van der Waals surface area (Å²) >= 11 is 0. The summed E-state index contributed by atoms with van der Waals surface area (Å²) in [5.41, 5.74) is 0. The second-order valence-electron chi connectivity index (χ2n) is 2.73. The van der Waals surface area contributed by atoms with Gasteiger partial charge in [0.05, 0.1) is 6.61 Å². The Morgan fingerprint density at radius 2 is 2.10 bits per heavy atom. The van der Waals surface area contributed by atoms with Crippen molar-refractivity contribution in [3.8, 4) is 0 Å². The standard InChI is InChI=1S/C8H17NO/c1-4-5-8(7-10)6-9(2)3/h4-5,8,10H,6-7H2,1-3H3/b5-4+. The van der Waals surface area contributed by atoms with Gasteiger partial charge in [-0.2, -0.15) is 0 Å². The molecular weight excluding hydrogens is 126 g/mol. The molecule has 0 aliphatic carbocycles. The van der Waals surface area contributed by atoms with Crippen molar-refractivity contribution < 1.29 is 5.11 Å². The zero-order chi connectivity index (χ0) is 7.98. The van der Waals surface area contributed by atoms with E-state index in [0.29, 0.717) is 5.92 Å². The van der Waals surface area contributed by atoms with Gasteiger partial charge in [-0.1, -0.05) is 12.2 Å². The molecule has 0 heterocycles. The minimum Gasteiger partial charge on any atom is -0.396 e. The maximum absolute atomic E-state index is 8.83. The molecule has 0 aromatic carbocycles. The highest BCUT2D eigenvalue weighted by Gasteiger charge is 2.02. The summed E-state index contributed by atoms with van der Waals surface area (Å²) in [6.07, 6.45) is 4.00. The van der Waals surface area contributed by atoms with Gasteiger partial charge in [0.15, 0.2) is 0 Å². The van der Waals surface area contributed by atoms with E-state index >= 15 is 0 Å². The Morgan fingerprint density at radius 3 is 2.40 bits per heavy atom. The molecule has 0 amide bonds. The molecule has 2 nitrogen and oxygen atoms in total. The molecule has 0 radical (unpaired) electrons. The highest BCUT2D eigenvalue weighted by atomic mass is 16.3. The largest absolute Gasteiger partial charge is 0.396 e. The summed E-state index contributed by atoms with van der Waals surface area (Å²) < 4.78 is 0. The Balaban J connectivity index is 3.60. The Morgan fingerprint density at radius 1 is 1.50 bits per heavy atom. The molecule has 0 bridgehead atoms. The second-order valence-corrected chi connectivity index (χ2v) is 2.73. The highest BCUT2D eigenvalue weighted by molar-refractivity contribution is 4.86. The molecule has 0 aliphatic rings. The van der Waals surface area contributed by atoms with Crippen LogP contribution >= 0.6 is 0 Å². The lowest BCUT2D eigenvalue weighted by atomic mass is 10.1. The molecule has 1 atom stereocenters. The average Bonchev–Trinajstić information content (AvgIpc) is 1.86. The van der Waals surface area contributed by atoms with Crippen LogP contribution in [0, 0.1) is 5.92 Å². The molecule has 1 N–H and O–H groups in total. The molecule has 10 heavy (non-hydrogen) atoms. The van der Waals surface area contributed by atoms with Gasteiger partial charge in [-0.3, -0.25) is 0 Å². The lowest BCUT2D eigenvalue weighted by molar-refractivity contribution is 0.220. The van der Waals surface area contributed by atoms with Crippen LogP contribution in [0.15, 0.2) is 12.2 Å². The minimum absolute atomic E-state index is 0.239. The van der Waals surface area contributed by atoms with Crippen molar-refractivity contribution in [3.05, 3.63) is 12.2 Å². The fourth-order valence-electron chi connectivity index (χ4n) is 0.921. The van der Waals surface area contributed by atoms with Gasteiger partial charge in [0.25, 0.3) is 0 Å². The zero-order valence-electron chi connectivity index (χ0n) is 7.04. The van der Waals surface area contributed by atoms with Crippen LogP contribution in [0.1, 0.15) is 6.92 Å². The van der Waals surface area contributed by atoms with Crippen LogP contribution in [0.3, 0.4) is 0 Å². The van der Waals surface area contributed by atoms with E-state index in [2.05, 4.69) is 4.90 Å². The Hall–Kier alpha value is -0.340. The van der Waals surface area contributed by atoms with Crippen molar-refractivity contribution in [1.82, 2.24) is 4.90 Å². The molecule has 0 rings (SSSR count). The van der Waals surface area contributed by atoms with E-state index in [1.807, 2.05) is 33.2 Å². The lowest BCUT2D eigenvalue weighted by Gasteiger charge is -2.14. The fraction of sp³-hybridized carbons (Fsp3) is 0.750. The van der Waals surface area contributed by atoms with Crippen LogP contribution in [0.25, 0.3) is 0 Å². The summed E-state index contributed by atoms with van der Waals surface area (Å²) in [7, 11) is 4.01. The number of aliphatic hydroxyl groups is 1. The van der Waals surface area contributed by atoms with E-state index in [4.69, 9.17) is 5.11 Å². The van der Waals surface area contributed by atoms with E-state index < -0.39 is 0 Å². The van der Waals surface area contributed by atoms with E-state index in [1.165, 1.54) is 0 Å². The number of allylic oxidation sites excluding steroid dienone is 1. The molecule has 0 fully saturated rings. The third-order valence-corrected chi connectivity index (χ3v) is 1.30. The first-order valence-corrected chi connectivity index (χ1v) is 3.59. The SMILES string of the molecule is C/C=C/C(CO)CN(C)C. The van der Waals surface area contributed by atoms with Crippen molar-refractivity contribution in [2.45, 2.75) is 6.92 Å². The van der Waals surface area contributed by atoms with Gasteiger partial charge >= 0.3 is 0 Å². The van der Waals surface area contributed by atoms with Gasteiger partial charge < -0.3 is 10.0 Å². The lowest BCUT2D eigenvalue weighted by Crippen LogP contribution is -2.22. The highest BCUT2D eigenvalue weighted by Crippen LogP contribution is 1.98. The van der Waals surface area contributed by atoms with Crippen LogP contribution in [-0.4, -0.2) is 37.3 Å². The second kappa shape index (κ2) is 5.45. The fourth-order valence-corrected chi connectivity index (χ4v) is 0.921. The van der Waals surface area contributed by atoms with Gasteiger partial charge in [-0.25, -0.2) is 0 Å². The maximum atomic E-state index is 8.83. The third-order valence-electron chi connectivity index (χ3n) is 1.30. The van der Waals surface area contributed by atoms with Crippen molar-refractivity contribution in [2.24, 2.45) is 5.92 Å². The van der Waals surface area contributed by atoms with Crippen LogP contribution in [-0.2, 0) is 0 Å². The maximum Gasteiger partial charge on any atom is 0.0506 e. The summed E-state index contributed by atoms with van der Waals surface area (Å²) in [5, 5.41) is 8.83. The third kappa shape index (κ3) is 4.53. The molecule has 60 valence electrons. The monoisotopic (exact) mass is 143 g/mol. The van der Waals surface area contributed by atoms with Crippen LogP contribution in [0.5, 0.6) is 0 Å². The molecule has 0 spiro atoms. The topological polar surface area (TPSA) is 23.5 Å². The van der Waals surface area contributed by atoms with Crippen molar-refractivity contribution in [1.29, 1.82) is 0 Å². The van der Waals surface area contributed by atoms with Crippen molar-refractivity contribution in [3.63, 3.8) is 0 Å². The summed E-state index contributed by atoms with van der Waals surface area (Å²) in [6, 6.07) is 0. The average molecular weight is 143 g/mol. The number of hydrogen-bond acceptors (Lipinski definition) is 2. The molecule has 0 saturated carbocycles. The Labute approximate surface area is 63.2 Å². The smallest absolute Gasteiger partial charge is 0.0506 e. The van der Waals surface area contributed by atoms with Gasteiger partial charge in [0.2, 0.25) is 0 Å². The Bertz CT molecular complexity index is 99.4. The zero-order valence-corrected chi connectivity index (χ0v) is 7.04. The summed E-state index contributed by atoms with van der Waals surface area (Å²) in [6.45, 7) is 3.13. The number of rotatable bonds is 4. The molecule has 2 heteroatoms. The summed E-state index contributed by atoms with van der Waals surface area (Å²) in [4.78, 5) is 2.07. The minimum atomic E-state index is 0.239. The van der Waals surface area contributed by atoms with Crippen LogP contribution < -0.4 is 0 Å². The van der Waals surface area contributed by atoms with Gasteiger partial charge in [0, 0.05) is 12.5 Å². The van der Waals surface area contributed by atoms with Gasteiger partial charge in [-0.05, 0) is 21.0 Å². The Kier molecular flexibility index (Phi) is 5.26.